The SMILES string of the molecule is CC(C)N(CC(=O)N1c2ccccc2-n2cccc2C1c1ccc(F)cc1)C(=O)c1cc(Cl)cc(Cl)c1. The van der Waals surface area contributed by atoms with Gasteiger partial charge in [0.15, 0.2) is 0 Å². The van der Waals surface area contributed by atoms with Gasteiger partial charge in [-0.2, -0.15) is 0 Å². The first-order chi connectivity index (χ1) is 17.7. The third kappa shape index (κ3) is 4.75. The second-order valence-electron chi connectivity index (χ2n) is 9.19. The van der Waals surface area contributed by atoms with Crippen LogP contribution in [0.2, 0.25) is 10.0 Å². The van der Waals surface area contributed by atoms with Crippen molar-refractivity contribution in [1.82, 2.24) is 9.47 Å². The number of fused-ring (bicyclic) bond motifs is 3. The monoisotopic (exact) mass is 535 g/mol. The molecule has 3 aromatic carbocycles. The average molecular weight is 536 g/mol. The van der Waals surface area contributed by atoms with E-state index in [0.717, 1.165) is 16.9 Å². The number of para-hydroxylation sites is 2. The molecule has 1 unspecified atom stereocenters. The Bertz CT molecular complexity index is 1460. The Morgan fingerprint density at radius 2 is 1.57 bits per heavy atom. The second-order valence-corrected chi connectivity index (χ2v) is 10.1. The van der Waals surface area contributed by atoms with Crippen LogP contribution in [0.3, 0.4) is 0 Å². The molecule has 0 saturated carbocycles. The van der Waals surface area contributed by atoms with Gasteiger partial charge >= 0.3 is 0 Å². The first-order valence-corrected chi connectivity index (χ1v) is 12.6. The molecular weight excluding hydrogens is 512 g/mol. The molecule has 0 aliphatic carbocycles. The van der Waals surface area contributed by atoms with Crippen LogP contribution in [-0.2, 0) is 4.79 Å². The molecule has 0 spiro atoms. The van der Waals surface area contributed by atoms with Gasteiger partial charge in [0.05, 0.1) is 17.1 Å². The maximum atomic E-state index is 14.1. The number of hydrogen-bond donors (Lipinski definition) is 0. The highest BCUT2D eigenvalue weighted by atomic mass is 35.5. The third-order valence-electron chi connectivity index (χ3n) is 6.47. The van der Waals surface area contributed by atoms with E-state index in [2.05, 4.69) is 0 Å². The first-order valence-electron chi connectivity index (χ1n) is 11.9. The zero-order chi connectivity index (χ0) is 26.3. The summed E-state index contributed by atoms with van der Waals surface area (Å²) in [6.07, 6.45) is 1.94. The quantitative estimate of drug-likeness (QED) is 0.278. The van der Waals surface area contributed by atoms with Gasteiger partial charge in [-0.15, -0.1) is 0 Å². The molecule has 2 heterocycles. The zero-order valence-corrected chi connectivity index (χ0v) is 21.7. The minimum atomic E-state index is -0.511. The van der Waals surface area contributed by atoms with Crippen molar-refractivity contribution in [2.24, 2.45) is 0 Å². The number of hydrogen-bond acceptors (Lipinski definition) is 2. The van der Waals surface area contributed by atoms with Gasteiger partial charge in [0, 0.05) is 27.8 Å². The Morgan fingerprint density at radius 1 is 0.919 bits per heavy atom. The molecule has 0 radical (unpaired) electrons. The summed E-state index contributed by atoms with van der Waals surface area (Å²) in [4.78, 5) is 30.8. The van der Waals surface area contributed by atoms with Crippen molar-refractivity contribution in [3.05, 3.63) is 118 Å². The van der Waals surface area contributed by atoms with Crippen LogP contribution in [0, 0.1) is 5.82 Å². The Balaban J connectivity index is 1.57. The fourth-order valence-corrected chi connectivity index (χ4v) is 5.30. The number of halogens is 3. The molecule has 1 aromatic heterocycles. The second kappa shape index (κ2) is 10.0. The molecule has 1 aliphatic heterocycles. The molecule has 2 amide bonds. The van der Waals surface area contributed by atoms with Crippen molar-refractivity contribution in [1.29, 1.82) is 0 Å². The topological polar surface area (TPSA) is 45.6 Å². The summed E-state index contributed by atoms with van der Waals surface area (Å²) < 4.78 is 15.8. The number of benzene rings is 3. The van der Waals surface area contributed by atoms with E-state index in [1.807, 2.05) is 61.0 Å². The highest BCUT2D eigenvalue weighted by Gasteiger charge is 2.37. The Hall–Kier alpha value is -3.61. The molecule has 0 fully saturated rings. The van der Waals surface area contributed by atoms with E-state index >= 15 is 0 Å². The summed E-state index contributed by atoms with van der Waals surface area (Å²) in [5.74, 6) is -0.978. The molecule has 37 heavy (non-hydrogen) atoms. The zero-order valence-electron chi connectivity index (χ0n) is 20.2. The Morgan fingerprint density at radius 3 is 2.22 bits per heavy atom. The molecule has 0 bridgehead atoms. The lowest BCUT2D eigenvalue weighted by Gasteiger charge is -2.40. The molecule has 5 rings (SSSR count). The molecular formula is C29H24Cl2FN3O2. The summed E-state index contributed by atoms with van der Waals surface area (Å²) >= 11 is 12.3. The number of anilines is 1. The standard InChI is InChI=1S/C29H24Cl2FN3O2/c1-18(2)34(29(37)20-14-21(30)16-22(31)15-20)17-27(36)35-25-7-4-3-6-24(25)33-13-5-8-26(33)28(35)19-9-11-23(32)12-10-19/h3-16,18,28H,17H2,1-2H3. The van der Waals surface area contributed by atoms with Crippen molar-refractivity contribution in [2.45, 2.75) is 25.9 Å². The maximum Gasteiger partial charge on any atom is 0.254 e. The third-order valence-corrected chi connectivity index (χ3v) is 6.91. The van der Waals surface area contributed by atoms with Crippen LogP contribution in [0.4, 0.5) is 10.1 Å². The smallest absolute Gasteiger partial charge is 0.254 e. The van der Waals surface area contributed by atoms with E-state index in [-0.39, 0.29) is 30.2 Å². The average Bonchev–Trinajstić information content (AvgIpc) is 3.36. The van der Waals surface area contributed by atoms with Crippen molar-refractivity contribution in [2.75, 3.05) is 11.4 Å². The van der Waals surface area contributed by atoms with E-state index in [1.54, 1.807) is 35.2 Å². The Labute approximate surface area is 224 Å². The molecule has 0 saturated heterocycles. The van der Waals surface area contributed by atoms with Gasteiger partial charge in [0.25, 0.3) is 5.91 Å². The predicted molar refractivity (Wildman–Crippen MR) is 144 cm³/mol. The highest BCUT2D eigenvalue weighted by molar-refractivity contribution is 6.35. The number of nitrogens with zero attached hydrogens (tertiary/aromatic N) is 3. The van der Waals surface area contributed by atoms with Crippen LogP contribution in [0.15, 0.2) is 85.1 Å². The van der Waals surface area contributed by atoms with Gasteiger partial charge in [-0.3, -0.25) is 14.5 Å². The fraction of sp³-hybridized carbons (Fsp3) is 0.172. The van der Waals surface area contributed by atoms with E-state index in [1.165, 1.54) is 17.0 Å². The summed E-state index contributed by atoms with van der Waals surface area (Å²) in [6.45, 7) is 3.53. The summed E-state index contributed by atoms with van der Waals surface area (Å²) in [7, 11) is 0. The molecule has 1 atom stereocenters. The van der Waals surface area contributed by atoms with Crippen LogP contribution in [0.25, 0.3) is 5.69 Å². The fourth-order valence-electron chi connectivity index (χ4n) is 4.78. The van der Waals surface area contributed by atoms with E-state index < -0.39 is 6.04 Å². The van der Waals surface area contributed by atoms with Gasteiger partial charge in [0.1, 0.15) is 18.4 Å². The highest BCUT2D eigenvalue weighted by Crippen LogP contribution is 2.42. The summed E-state index contributed by atoms with van der Waals surface area (Å²) in [5, 5.41) is 0.681. The molecule has 1 aliphatic rings. The lowest BCUT2D eigenvalue weighted by atomic mass is 9.97. The molecule has 5 nitrogen and oxygen atoms in total. The van der Waals surface area contributed by atoms with Crippen LogP contribution in [0.1, 0.15) is 41.5 Å². The summed E-state index contributed by atoms with van der Waals surface area (Å²) in [6, 6.07) is 21.5. The predicted octanol–water partition coefficient (Wildman–Crippen LogP) is 6.91. The van der Waals surface area contributed by atoms with E-state index in [4.69, 9.17) is 23.2 Å². The normalized spacial score (nSPS) is 14.3. The molecule has 8 heteroatoms. The lowest BCUT2D eigenvalue weighted by molar-refractivity contribution is -0.120. The van der Waals surface area contributed by atoms with Gasteiger partial charge in [-0.1, -0.05) is 47.5 Å². The minimum Gasteiger partial charge on any atom is -0.327 e. The molecule has 0 N–H and O–H groups in total. The van der Waals surface area contributed by atoms with Crippen LogP contribution < -0.4 is 4.90 Å². The van der Waals surface area contributed by atoms with Crippen LogP contribution in [0.5, 0.6) is 0 Å². The maximum absolute atomic E-state index is 14.1. The Kier molecular flexibility index (Phi) is 6.80. The van der Waals surface area contributed by atoms with Crippen molar-refractivity contribution < 1.29 is 14.0 Å². The van der Waals surface area contributed by atoms with Gasteiger partial charge in [-0.05, 0) is 74.0 Å². The van der Waals surface area contributed by atoms with E-state index in [0.29, 0.717) is 21.3 Å². The summed E-state index contributed by atoms with van der Waals surface area (Å²) in [5.41, 5.74) is 3.48. The number of aromatic nitrogens is 1. The van der Waals surface area contributed by atoms with Crippen LogP contribution >= 0.6 is 23.2 Å². The number of carbonyl (C=O) groups is 2. The largest absolute Gasteiger partial charge is 0.327 e. The molecule has 188 valence electrons. The van der Waals surface area contributed by atoms with Gasteiger partial charge in [-0.25, -0.2) is 4.39 Å². The molecule has 4 aromatic rings. The number of amides is 2. The van der Waals surface area contributed by atoms with Crippen LogP contribution in [-0.4, -0.2) is 33.9 Å². The van der Waals surface area contributed by atoms with Crippen molar-refractivity contribution >= 4 is 40.7 Å². The number of carbonyl (C=O) groups excluding carboxylic acids is 2. The van der Waals surface area contributed by atoms with Crippen molar-refractivity contribution in [3.63, 3.8) is 0 Å². The number of rotatable bonds is 5. The first kappa shape index (κ1) is 25.1. The van der Waals surface area contributed by atoms with Gasteiger partial charge in [0.2, 0.25) is 5.91 Å². The van der Waals surface area contributed by atoms with E-state index in [9.17, 15) is 14.0 Å². The lowest BCUT2D eigenvalue weighted by Crippen LogP contribution is -2.48. The van der Waals surface area contributed by atoms with Crippen molar-refractivity contribution in [3.8, 4) is 5.69 Å². The minimum absolute atomic E-state index is 0.173. The van der Waals surface area contributed by atoms with Gasteiger partial charge < -0.3 is 9.47 Å².